The molecule has 4 aliphatic heterocycles. The van der Waals surface area contributed by atoms with Gasteiger partial charge in [-0.3, -0.25) is 10.2 Å². The van der Waals surface area contributed by atoms with Crippen LogP contribution in [0, 0.1) is 0 Å². The molecule has 1 aromatic carbocycles. The minimum Gasteiger partial charge on any atom is -0.368 e. The first-order chi connectivity index (χ1) is 18.4. The second kappa shape index (κ2) is 9.75. The highest BCUT2D eigenvalue weighted by Gasteiger charge is 2.38. The van der Waals surface area contributed by atoms with Gasteiger partial charge in [0, 0.05) is 57.1 Å². The Labute approximate surface area is 217 Å². The first-order valence-electron chi connectivity index (χ1n) is 12.7. The zero-order valence-electron chi connectivity index (χ0n) is 20.6. The third kappa shape index (κ3) is 4.71. The quantitative estimate of drug-likeness (QED) is 0.536. The van der Waals surface area contributed by atoms with E-state index in [4.69, 9.17) is 4.98 Å². The number of piperazine rings is 1. The molecule has 0 aliphatic carbocycles. The number of rotatable bonds is 3. The summed E-state index contributed by atoms with van der Waals surface area (Å²) in [5.41, 5.74) is 0.742. The summed E-state index contributed by atoms with van der Waals surface area (Å²) in [6, 6.07) is 9.93. The first-order valence-corrected chi connectivity index (χ1v) is 12.7. The van der Waals surface area contributed by atoms with Gasteiger partial charge in [0.05, 0.1) is 16.9 Å². The molecule has 0 radical (unpaired) electrons. The number of pyridine rings is 1. The van der Waals surface area contributed by atoms with Gasteiger partial charge in [-0.1, -0.05) is 12.1 Å². The molecule has 0 spiro atoms. The van der Waals surface area contributed by atoms with Gasteiger partial charge in [0.25, 0.3) is 0 Å². The Hall–Kier alpha value is -3.93. The SMILES string of the molecule is O=C(Nc1nccc(N2CCNCC2)n1)N1c2nc(-c3cccc(C(F)(F)F)c3)ccc2N2CCC1CC2. The van der Waals surface area contributed by atoms with E-state index in [1.54, 1.807) is 23.2 Å². The monoisotopic (exact) mass is 524 g/mol. The predicted octanol–water partition coefficient (Wildman–Crippen LogP) is 3.99. The van der Waals surface area contributed by atoms with Gasteiger partial charge in [-0.25, -0.2) is 14.8 Å². The summed E-state index contributed by atoms with van der Waals surface area (Å²) < 4.78 is 40.0. The van der Waals surface area contributed by atoms with Crippen molar-refractivity contribution in [2.75, 3.05) is 59.3 Å². The lowest BCUT2D eigenvalue weighted by Crippen LogP contribution is -2.46. The Morgan fingerprint density at radius 3 is 2.53 bits per heavy atom. The van der Waals surface area contributed by atoms with Crippen LogP contribution in [0.15, 0.2) is 48.7 Å². The molecule has 7 rings (SSSR count). The Balaban J connectivity index is 1.33. The van der Waals surface area contributed by atoms with Crippen LogP contribution < -0.4 is 25.3 Å². The van der Waals surface area contributed by atoms with Crippen LogP contribution in [0.2, 0.25) is 0 Å². The number of nitrogens with one attached hydrogen (secondary N) is 2. The molecule has 2 bridgehead atoms. The van der Waals surface area contributed by atoms with Crippen LogP contribution in [-0.4, -0.2) is 66.3 Å². The third-order valence-corrected chi connectivity index (χ3v) is 7.26. The summed E-state index contributed by atoms with van der Waals surface area (Å²) in [6.45, 7) is 4.86. The average Bonchev–Trinajstić information content (AvgIpc) is 3.19. The van der Waals surface area contributed by atoms with Gasteiger partial charge in [0.1, 0.15) is 5.82 Å². The maximum atomic E-state index is 13.7. The number of amides is 2. The van der Waals surface area contributed by atoms with E-state index < -0.39 is 17.8 Å². The van der Waals surface area contributed by atoms with Crippen molar-refractivity contribution in [3.8, 4) is 11.3 Å². The molecule has 0 atom stereocenters. The Morgan fingerprint density at radius 2 is 1.76 bits per heavy atom. The Morgan fingerprint density at radius 1 is 0.974 bits per heavy atom. The normalized spacial score (nSPS) is 17.8. The maximum absolute atomic E-state index is 13.7. The summed E-state index contributed by atoms with van der Waals surface area (Å²) >= 11 is 0. The number of carbonyl (C=O) groups is 1. The number of halogens is 3. The van der Waals surface area contributed by atoms with Gasteiger partial charge >= 0.3 is 12.2 Å². The van der Waals surface area contributed by atoms with E-state index in [9.17, 15) is 18.0 Å². The maximum Gasteiger partial charge on any atom is 0.416 e. The molecule has 2 saturated heterocycles. The highest BCUT2D eigenvalue weighted by atomic mass is 19.4. The number of hydrogen-bond donors (Lipinski definition) is 2. The van der Waals surface area contributed by atoms with Crippen molar-refractivity contribution in [3.63, 3.8) is 0 Å². The number of hydrogen-bond acceptors (Lipinski definition) is 7. The summed E-state index contributed by atoms with van der Waals surface area (Å²) in [6.07, 6.45) is -1.33. The van der Waals surface area contributed by atoms with Crippen molar-refractivity contribution < 1.29 is 18.0 Å². The summed E-state index contributed by atoms with van der Waals surface area (Å²) in [4.78, 5) is 33.2. The number of nitrogens with zero attached hydrogens (tertiary/aromatic N) is 6. The molecular weight excluding hydrogens is 497 g/mol. The van der Waals surface area contributed by atoms with E-state index in [1.165, 1.54) is 6.07 Å². The van der Waals surface area contributed by atoms with Crippen LogP contribution in [-0.2, 0) is 6.18 Å². The van der Waals surface area contributed by atoms with Gasteiger partial charge in [-0.05, 0) is 43.2 Å². The molecule has 2 N–H and O–H groups in total. The number of piperidine rings is 1. The largest absolute Gasteiger partial charge is 0.416 e. The number of benzene rings is 1. The second-order valence-electron chi connectivity index (χ2n) is 9.61. The van der Waals surface area contributed by atoms with Gasteiger partial charge in [0.15, 0.2) is 5.82 Å². The minimum atomic E-state index is -4.46. The molecule has 198 valence electrons. The minimum absolute atomic E-state index is 0.104. The fourth-order valence-electron chi connectivity index (χ4n) is 5.32. The van der Waals surface area contributed by atoms with Crippen molar-refractivity contribution in [3.05, 3.63) is 54.2 Å². The van der Waals surface area contributed by atoms with Crippen LogP contribution in [0.25, 0.3) is 11.3 Å². The highest BCUT2D eigenvalue weighted by Crippen LogP contribution is 2.40. The standard InChI is InChI=1S/C26H27F3N8O/c27-26(28,29)18-3-1-2-17(16-18)20-4-5-21-23(32-20)37(19-7-12-35(21)13-8-19)25(38)34-24-31-9-6-22(33-24)36-14-10-30-11-15-36/h1-6,9,16,19,30H,7-8,10-15H2,(H,31,33,34,38). The van der Waals surface area contributed by atoms with Crippen LogP contribution in [0.3, 0.4) is 0 Å². The highest BCUT2D eigenvalue weighted by molar-refractivity contribution is 6.03. The van der Waals surface area contributed by atoms with Crippen molar-refractivity contribution >= 4 is 29.3 Å². The molecule has 9 nitrogen and oxygen atoms in total. The fourth-order valence-corrected chi connectivity index (χ4v) is 5.32. The van der Waals surface area contributed by atoms with Crippen molar-refractivity contribution in [2.45, 2.75) is 25.1 Å². The van der Waals surface area contributed by atoms with Crippen LogP contribution in [0.1, 0.15) is 18.4 Å². The second-order valence-corrected chi connectivity index (χ2v) is 9.61. The van der Waals surface area contributed by atoms with Crippen molar-refractivity contribution in [2.24, 2.45) is 0 Å². The molecule has 6 heterocycles. The predicted molar refractivity (Wildman–Crippen MR) is 139 cm³/mol. The summed E-state index contributed by atoms with van der Waals surface area (Å²) in [5, 5.41) is 6.15. The lowest BCUT2D eigenvalue weighted by Gasteiger charge is -2.31. The van der Waals surface area contributed by atoms with Crippen LogP contribution in [0.4, 0.5) is 41.2 Å². The van der Waals surface area contributed by atoms with E-state index in [1.807, 2.05) is 12.1 Å². The number of anilines is 4. The Kier molecular flexibility index (Phi) is 6.26. The van der Waals surface area contributed by atoms with Crippen LogP contribution in [0.5, 0.6) is 0 Å². The smallest absolute Gasteiger partial charge is 0.368 e. The van der Waals surface area contributed by atoms with E-state index in [2.05, 4.69) is 30.4 Å². The van der Waals surface area contributed by atoms with E-state index >= 15 is 0 Å². The first kappa shape index (κ1) is 24.4. The van der Waals surface area contributed by atoms with Gasteiger partial charge in [-0.2, -0.15) is 18.2 Å². The number of alkyl halides is 3. The van der Waals surface area contributed by atoms with Gasteiger partial charge < -0.3 is 15.1 Å². The summed E-state index contributed by atoms with van der Waals surface area (Å²) in [5.74, 6) is 1.36. The molecule has 0 unspecified atom stereocenters. The Bertz CT molecular complexity index is 1340. The number of fused-ring (bicyclic) bond motifs is 2. The molecule has 2 aromatic heterocycles. The fraction of sp³-hybridized carbons (Fsp3) is 0.385. The number of urea groups is 1. The molecule has 2 amide bonds. The molecule has 2 fully saturated rings. The summed E-state index contributed by atoms with van der Waals surface area (Å²) in [7, 11) is 0. The number of carbonyl (C=O) groups excluding carboxylic acids is 1. The zero-order valence-corrected chi connectivity index (χ0v) is 20.6. The molecule has 38 heavy (non-hydrogen) atoms. The van der Waals surface area contributed by atoms with E-state index in [-0.39, 0.29) is 12.0 Å². The van der Waals surface area contributed by atoms with Gasteiger partial charge in [0.2, 0.25) is 5.95 Å². The molecule has 12 heteroatoms. The molecular formula is C26H27F3N8O. The lowest BCUT2D eigenvalue weighted by atomic mass is 10.1. The van der Waals surface area contributed by atoms with Crippen molar-refractivity contribution in [1.29, 1.82) is 0 Å². The zero-order chi connectivity index (χ0) is 26.3. The van der Waals surface area contributed by atoms with Gasteiger partial charge in [-0.15, -0.1) is 0 Å². The number of aromatic nitrogens is 3. The molecule has 3 aromatic rings. The topological polar surface area (TPSA) is 89.5 Å². The van der Waals surface area contributed by atoms with E-state index in [0.717, 1.165) is 75.7 Å². The van der Waals surface area contributed by atoms with Crippen LogP contribution >= 0.6 is 0 Å². The molecule has 4 aliphatic rings. The average molecular weight is 525 g/mol. The lowest BCUT2D eigenvalue weighted by molar-refractivity contribution is -0.137. The van der Waals surface area contributed by atoms with Crippen molar-refractivity contribution in [1.82, 2.24) is 20.3 Å². The van der Waals surface area contributed by atoms with E-state index in [0.29, 0.717) is 17.1 Å². The third-order valence-electron chi connectivity index (χ3n) is 7.26. The molecule has 0 saturated carbocycles.